The Balaban J connectivity index is 1.53. The van der Waals surface area contributed by atoms with Gasteiger partial charge in [-0.25, -0.2) is 4.79 Å². The van der Waals surface area contributed by atoms with Crippen LogP contribution in [0, 0.1) is 0 Å². The van der Waals surface area contributed by atoms with Crippen LogP contribution in [0.2, 0.25) is 0 Å². The molecule has 1 aliphatic carbocycles. The first kappa shape index (κ1) is 18.7. The molecular formula is C21H23N3O3S. The molecule has 0 bridgehead atoms. The fourth-order valence-electron chi connectivity index (χ4n) is 3.80. The van der Waals surface area contributed by atoms with Crippen LogP contribution in [0.5, 0.6) is 0 Å². The Labute approximate surface area is 167 Å². The number of imide groups is 1. The van der Waals surface area contributed by atoms with Crippen molar-refractivity contribution in [2.45, 2.75) is 51.0 Å². The first-order chi connectivity index (χ1) is 13.5. The average molecular weight is 398 g/mol. The molecular weight excluding hydrogens is 374 g/mol. The molecule has 1 atom stereocenters. The van der Waals surface area contributed by atoms with Crippen molar-refractivity contribution in [3.05, 3.63) is 51.2 Å². The van der Waals surface area contributed by atoms with E-state index in [1.807, 2.05) is 6.07 Å². The molecule has 3 N–H and O–H groups in total. The molecule has 1 aliphatic heterocycles. The van der Waals surface area contributed by atoms with Gasteiger partial charge in [0.1, 0.15) is 5.54 Å². The monoisotopic (exact) mass is 397 g/mol. The summed E-state index contributed by atoms with van der Waals surface area (Å²) in [5.74, 6) is -0.544. The highest BCUT2D eigenvalue weighted by Crippen LogP contribution is 2.30. The summed E-state index contributed by atoms with van der Waals surface area (Å²) in [4.78, 5) is 38.5. The number of aryl methyl sites for hydroxylation is 2. The summed E-state index contributed by atoms with van der Waals surface area (Å²) in [6.07, 6.45) is 6.97. The molecule has 7 heteroatoms. The lowest BCUT2D eigenvalue weighted by molar-refractivity contribution is -0.123. The third-order valence-corrected chi connectivity index (χ3v) is 6.70. The van der Waals surface area contributed by atoms with Gasteiger partial charge >= 0.3 is 6.03 Å². The Morgan fingerprint density at radius 2 is 1.89 bits per heavy atom. The van der Waals surface area contributed by atoms with Gasteiger partial charge in [-0.05, 0) is 61.9 Å². The maximum absolute atomic E-state index is 12.8. The maximum atomic E-state index is 12.8. The lowest BCUT2D eigenvalue weighted by Gasteiger charge is -2.21. The quantitative estimate of drug-likeness (QED) is 0.690. The summed E-state index contributed by atoms with van der Waals surface area (Å²) < 4.78 is 0. The van der Waals surface area contributed by atoms with Crippen LogP contribution in [-0.2, 0) is 23.2 Å². The van der Waals surface area contributed by atoms with Crippen LogP contribution in [0.15, 0.2) is 30.3 Å². The van der Waals surface area contributed by atoms with E-state index in [4.69, 9.17) is 0 Å². The number of hydrogen-bond donors (Lipinski definition) is 3. The lowest BCUT2D eigenvalue weighted by atomic mass is 9.92. The van der Waals surface area contributed by atoms with Gasteiger partial charge in [0.2, 0.25) is 0 Å². The molecule has 0 spiro atoms. The normalized spacial score (nSPS) is 21.9. The summed E-state index contributed by atoms with van der Waals surface area (Å²) in [6, 6.07) is 8.55. The predicted molar refractivity (Wildman–Crippen MR) is 109 cm³/mol. The summed E-state index contributed by atoms with van der Waals surface area (Å²) in [7, 11) is 0. The van der Waals surface area contributed by atoms with Crippen LogP contribution < -0.4 is 16.0 Å². The van der Waals surface area contributed by atoms with E-state index in [9.17, 15) is 14.4 Å². The first-order valence-electron chi connectivity index (χ1n) is 9.63. The third-order valence-electron chi connectivity index (χ3n) is 5.46. The van der Waals surface area contributed by atoms with Gasteiger partial charge in [0.25, 0.3) is 11.8 Å². The second-order valence-corrected chi connectivity index (χ2v) is 8.68. The first-order valence-corrected chi connectivity index (χ1v) is 10.4. The summed E-state index contributed by atoms with van der Waals surface area (Å²) >= 11 is 1.58. The molecule has 28 heavy (non-hydrogen) atoms. The van der Waals surface area contributed by atoms with Gasteiger partial charge in [0, 0.05) is 10.6 Å². The summed E-state index contributed by atoms with van der Waals surface area (Å²) in [5, 5.41) is 7.83. The van der Waals surface area contributed by atoms with Crippen molar-refractivity contribution >= 4 is 34.9 Å². The molecule has 1 unspecified atom stereocenters. The Morgan fingerprint density at radius 3 is 2.64 bits per heavy atom. The van der Waals surface area contributed by atoms with Crippen LogP contribution in [-0.4, -0.2) is 17.8 Å². The van der Waals surface area contributed by atoms with Crippen molar-refractivity contribution in [3.8, 4) is 0 Å². The Hall–Kier alpha value is -2.67. The molecule has 146 valence electrons. The number of fused-ring (bicyclic) bond motifs is 1. The van der Waals surface area contributed by atoms with Crippen LogP contribution in [0.25, 0.3) is 0 Å². The highest BCUT2D eigenvalue weighted by atomic mass is 32.1. The number of urea groups is 1. The zero-order valence-corrected chi connectivity index (χ0v) is 16.6. The van der Waals surface area contributed by atoms with Crippen molar-refractivity contribution in [2.24, 2.45) is 0 Å². The third kappa shape index (κ3) is 3.54. The maximum Gasteiger partial charge on any atom is 0.322 e. The Bertz CT molecular complexity index is 927. The number of anilines is 1. The minimum atomic E-state index is -1.14. The van der Waals surface area contributed by atoms with Gasteiger partial charge in [-0.2, -0.15) is 0 Å². The van der Waals surface area contributed by atoms with E-state index in [1.165, 1.54) is 36.1 Å². The van der Waals surface area contributed by atoms with Crippen molar-refractivity contribution < 1.29 is 14.4 Å². The Kier molecular flexibility index (Phi) is 4.93. The molecule has 1 fully saturated rings. The van der Waals surface area contributed by atoms with Gasteiger partial charge in [-0.1, -0.05) is 25.0 Å². The molecule has 2 aromatic rings. The van der Waals surface area contributed by atoms with Crippen LogP contribution >= 0.6 is 11.3 Å². The molecule has 1 aromatic heterocycles. The summed E-state index contributed by atoms with van der Waals surface area (Å²) in [6.45, 7) is 1.65. The van der Waals surface area contributed by atoms with E-state index in [1.54, 1.807) is 42.5 Å². The standard InChI is InChI=1S/C21H23N3O3S/c1-21(19(26)23-20(27)24-21)14-8-6-9-15(12-14)22-18(25)17-11-13-7-4-2-3-5-10-16(13)28-17/h6,8-9,11-12H,2-5,7,10H2,1H3,(H,22,25)(H2,23,24,26,27). The van der Waals surface area contributed by atoms with E-state index < -0.39 is 17.5 Å². The second kappa shape index (κ2) is 7.39. The molecule has 0 saturated carbocycles. The zero-order valence-electron chi connectivity index (χ0n) is 15.8. The largest absolute Gasteiger partial charge is 0.322 e. The highest BCUT2D eigenvalue weighted by molar-refractivity contribution is 7.14. The predicted octanol–water partition coefficient (Wildman–Crippen LogP) is 3.71. The number of nitrogens with one attached hydrogen (secondary N) is 3. The number of rotatable bonds is 3. The number of hydrogen-bond acceptors (Lipinski definition) is 4. The van der Waals surface area contributed by atoms with Crippen molar-refractivity contribution in [1.29, 1.82) is 0 Å². The van der Waals surface area contributed by atoms with Crippen LogP contribution in [0.4, 0.5) is 10.5 Å². The number of carbonyl (C=O) groups is 3. The van der Waals surface area contributed by atoms with Gasteiger partial charge < -0.3 is 10.6 Å². The van der Waals surface area contributed by atoms with E-state index in [-0.39, 0.29) is 5.91 Å². The minimum Gasteiger partial charge on any atom is -0.321 e. The molecule has 4 amide bonds. The fraction of sp³-hybridized carbons (Fsp3) is 0.381. The molecule has 4 rings (SSSR count). The molecule has 0 radical (unpaired) electrons. The van der Waals surface area contributed by atoms with Gasteiger partial charge in [-0.3, -0.25) is 14.9 Å². The minimum absolute atomic E-state index is 0.140. The highest BCUT2D eigenvalue weighted by Gasteiger charge is 2.43. The van der Waals surface area contributed by atoms with E-state index in [0.717, 1.165) is 17.7 Å². The van der Waals surface area contributed by atoms with Gasteiger partial charge in [0.05, 0.1) is 4.88 Å². The second-order valence-electron chi connectivity index (χ2n) is 7.54. The number of benzene rings is 1. The topological polar surface area (TPSA) is 87.3 Å². The molecule has 1 aromatic carbocycles. The smallest absolute Gasteiger partial charge is 0.321 e. The number of thiophene rings is 1. The SMILES string of the molecule is CC1(c2cccc(NC(=O)c3cc4c(s3)CCCCCC4)c2)NC(=O)NC1=O. The molecule has 2 aliphatic rings. The van der Waals surface area contributed by atoms with E-state index in [0.29, 0.717) is 11.3 Å². The van der Waals surface area contributed by atoms with E-state index >= 15 is 0 Å². The lowest BCUT2D eigenvalue weighted by Crippen LogP contribution is -2.40. The van der Waals surface area contributed by atoms with Crippen molar-refractivity contribution in [3.63, 3.8) is 0 Å². The van der Waals surface area contributed by atoms with Crippen molar-refractivity contribution in [2.75, 3.05) is 5.32 Å². The molecule has 6 nitrogen and oxygen atoms in total. The van der Waals surface area contributed by atoms with E-state index in [2.05, 4.69) is 16.0 Å². The van der Waals surface area contributed by atoms with Crippen LogP contribution in [0.3, 0.4) is 0 Å². The number of amides is 4. The van der Waals surface area contributed by atoms with Crippen molar-refractivity contribution in [1.82, 2.24) is 10.6 Å². The van der Waals surface area contributed by atoms with Gasteiger partial charge in [0.15, 0.2) is 0 Å². The Morgan fingerprint density at radius 1 is 1.11 bits per heavy atom. The van der Waals surface area contributed by atoms with Crippen LogP contribution in [0.1, 0.15) is 58.3 Å². The number of carbonyl (C=O) groups excluding carboxylic acids is 3. The molecule has 2 heterocycles. The average Bonchev–Trinajstić information content (AvgIpc) is 3.15. The van der Waals surface area contributed by atoms with Gasteiger partial charge in [-0.15, -0.1) is 11.3 Å². The fourth-order valence-corrected chi connectivity index (χ4v) is 4.95. The zero-order chi connectivity index (χ0) is 19.7. The summed E-state index contributed by atoms with van der Waals surface area (Å²) in [5.41, 5.74) is 1.38. The molecule has 1 saturated heterocycles.